The molecule has 2 amide bonds. The van der Waals surface area contributed by atoms with E-state index in [0.29, 0.717) is 53.3 Å². The van der Waals surface area contributed by atoms with E-state index in [2.05, 4.69) is 5.32 Å². The number of carbonyl (C=O) groups is 2. The van der Waals surface area contributed by atoms with Crippen LogP contribution in [0.5, 0.6) is 11.5 Å². The van der Waals surface area contributed by atoms with Crippen LogP contribution >= 0.6 is 23.2 Å². The molecule has 0 bridgehead atoms. The number of fused-ring (bicyclic) bond motifs is 1. The van der Waals surface area contributed by atoms with Crippen molar-refractivity contribution < 1.29 is 27.5 Å². The van der Waals surface area contributed by atoms with Gasteiger partial charge in [0, 0.05) is 34.8 Å². The van der Waals surface area contributed by atoms with Gasteiger partial charge in [-0.1, -0.05) is 43.1 Å². The lowest BCUT2D eigenvalue weighted by atomic mass is 10.1. The maximum Gasteiger partial charge on any atom is 0.244 e. The van der Waals surface area contributed by atoms with Gasteiger partial charge in [0.2, 0.25) is 21.8 Å². The van der Waals surface area contributed by atoms with Gasteiger partial charge in [-0.05, 0) is 37.1 Å². The first-order chi connectivity index (χ1) is 17.6. The normalized spacial score (nSPS) is 13.5. The van der Waals surface area contributed by atoms with E-state index in [4.69, 9.17) is 32.7 Å². The lowest BCUT2D eigenvalue weighted by molar-refractivity contribution is -0.140. The van der Waals surface area contributed by atoms with Gasteiger partial charge in [-0.3, -0.25) is 13.9 Å². The summed E-state index contributed by atoms with van der Waals surface area (Å²) >= 11 is 12.8. The van der Waals surface area contributed by atoms with E-state index in [1.54, 1.807) is 37.3 Å². The molecule has 37 heavy (non-hydrogen) atoms. The van der Waals surface area contributed by atoms with Crippen molar-refractivity contribution in [2.24, 2.45) is 0 Å². The molecule has 0 aliphatic carbocycles. The number of amides is 2. The largest absolute Gasteiger partial charge is 0.486 e. The molecule has 1 N–H and O–H groups in total. The fraction of sp³-hybridized carbons (Fsp3) is 0.440. The van der Waals surface area contributed by atoms with E-state index in [9.17, 15) is 18.0 Å². The Balaban J connectivity index is 1.98. The molecule has 0 spiro atoms. The van der Waals surface area contributed by atoms with Crippen molar-refractivity contribution in [1.29, 1.82) is 0 Å². The van der Waals surface area contributed by atoms with Gasteiger partial charge in [-0.2, -0.15) is 0 Å². The molecule has 1 aliphatic heterocycles. The number of anilines is 1. The lowest BCUT2D eigenvalue weighted by Crippen LogP contribution is -2.52. The molecular weight excluding hydrogens is 541 g/mol. The van der Waals surface area contributed by atoms with Crippen LogP contribution in [0.1, 0.15) is 32.3 Å². The Morgan fingerprint density at radius 3 is 2.30 bits per heavy atom. The van der Waals surface area contributed by atoms with Gasteiger partial charge < -0.3 is 19.7 Å². The number of rotatable bonds is 11. The summed E-state index contributed by atoms with van der Waals surface area (Å²) in [7, 11) is -3.89. The second kappa shape index (κ2) is 12.7. The number of hydrogen-bond donors (Lipinski definition) is 1. The molecule has 1 atom stereocenters. The van der Waals surface area contributed by atoms with Gasteiger partial charge >= 0.3 is 0 Å². The molecule has 0 saturated carbocycles. The monoisotopic (exact) mass is 571 g/mol. The van der Waals surface area contributed by atoms with Crippen molar-refractivity contribution in [3.8, 4) is 11.5 Å². The summed E-state index contributed by atoms with van der Waals surface area (Å²) in [4.78, 5) is 28.1. The molecule has 1 aliphatic rings. The number of benzene rings is 2. The SMILES string of the molecule is CCCNC(=O)[C@H](CC)N(Cc1c(Cl)cccc1Cl)C(=O)CN(c1ccc2c(c1)OCCO2)S(C)(=O)=O. The number of carbonyl (C=O) groups excluding carboxylic acids is 2. The van der Waals surface area contributed by atoms with E-state index in [0.717, 1.165) is 17.0 Å². The first-order valence-electron chi connectivity index (χ1n) is 11.9. The van der Waals surface area contributed by atoms with Gasteiger partial charge in [-0.15, -0.1) is 0 Å². The maximum atomic E-state index is 13.8. The molecule has 12 heteroatoms. The Morgan fingerprint density at radius 2 is 1.70 bits per heavy atom. The highest BCUT2D eigenvalue weighted by atomic mass is 35.5. The maximum absolute atomic E-state index is 13.8. The van der Waals surface area contributed by atoms with Crippen molar-refractivity contribution in [2.75, 3.05) is 36.9 Å². The van der Waals surface area contributed by atoms with E-state index in [-0.39, 0.29) is 18.1 Å². The molecular formula is C25H31Cl2N3O6S. The van der Waals surface area contributed by atoms with Crippen LogP contribution in [0.15, 0.2) is 36.4 Å². The minimum atomic E-state index is -3.89. The predicted octanol–water partition coefficient (Wildman–Crippen LogP) is 3.86. The number of nitrogens with one attached hydrogen (secondary N) is 1. The van der Waals surface area contributed by atoms with Crippen molar-refractivity contribution in [3.05, 3.63) is 52.0 Å². The summed E-state index contributed by atoms with van der Waals surface area (Å²) in [6.45, 7) is 4.23. The minimum Gasteiger partial charge on any atom is -0.486 e. The molecule has 9 nitrogen and oxygen atoms in total. The Kier molecular flexibility index (Phi) is 9.92. The van der Waals surface area contributed by atoms with E-state index >= 15 is 0 Å². The number of sulfonamides is 1. The fourth-order valence-corrected chi connectivity index (χ4v) is 5.30. The summed E-state index contributed by atoms with van der Waals surface area (Å²) in [5.41, 5.74) is 0.700. The summed E-state index contributed by atoms with van der Waals surface area (Å²) in [5, 5.41) is 3.49. The van der Waals surface area contributed by atoms with Crippen LogP contribution in [-0.4, -0.2) is 63.7 Å². The van der Waals surface area contributed by atoms with Crippen LogP contribution in [0.3, 0.4) is 0 Å². The average molecular weight is 573 g/mol. The topological polar surface area (TPSA) is 105 Å². The first-order valence-corrected chi connectivity index (χ1v) is 14.5. The fourth-order valence-electron chi connectivity index (χ4n) is 3.94. The molecule has 2 aromatic carbocycles. The second-order valence-corrected chi connectivity index (χ2v) is 11.3. The molecule has 0 radical (unpaired) electrons. The molecule has 0 aromatic heterocycles. The quantitative estimate of drug-likeness (QED) is 0.439. The summed E-state index contributed by atoms with van der Waals surface area (Å²) in [6, 6.07) is 8.75. The summed E-state index contributed by atoms with van der Waals surface area (Å²) < 4.78 is 37.7. The zero-order valence-electron chi connectivity index (χ0n) is 21.0. The minimum absolute atomic E-state index is 0.0753. The smallest absolute Gasteiger partial charge is 0.244 e. The van der Waals surface area contributed by atoms with Crippen molar-refractivity contribution in [3.63, 3.8) is 0 Å². The standard InChI is InChI=1S/C25H31Cl2N3O6S/c1-4-11-28-25(32)21(5-2)29(15-18-19(26)7-6-8-20(18)27)24(31)16-30(37(3,33)34)17-9-10-22-23(14-17)36-13-12-35-22/h6-10,14,21H,4-5,11-13,15-16H2,1-3H3,(H,28,32)/t21-/m0/s1. The van der Waals surface area contributed by atoms with Gasteiger partial charge in [0.25, 0.3) is 0 Å². The average Bonchev–Trinajstić information content (AvgIpc) is 2.86. The van der Waals surface area contributed by atoms with Crippen LogP contribution in [0.2, 0.25) is 10.0 Å². The van der Waals surface area contributed by atoms with Crippen molar-refractivity contribution >= 4 is 50.7 Å². The van der Waals surface area contributed by atoms with Gasteiger partial charge in [0.1, 0.15) is 25.8 Å². The third-order valence-electron chi connectivity index (χ3n) is 5.82. The zero-order valence-corrected chi connectivity index (χ0v) is 23.3. The zero-order chi connectivity index (χ0) is 27.2. The van der Waals surface area contributed by atoms with Gasteiger partial charge in [0.05, 0.1) is 11.9 Å². The molecule has 0 unspecified atom stereocenters. The van der Waals surface area contributed by atoms with Gasteiger partial charge in [0.15, 0.2) is 11.5 Å². The van der Waals surface area contributed by atoms with E-state index < -0.39 is 28.5 Å². The van der Waals surface area contributed by atoms with Crippen LogP contribution in [0, 0.1) is 0 Å². The highest BCUT2D eigenvalue weighted by Crippen LogP contribution is 2.35. The Bertz CT molecular complexity index is 1220. The van der Waals surface area contributed by atoms with Crippen LogP contribution in [0.4, 0.5) is 5.69 Å². The highest BCUT2D eigenvalue weighted by molar-refractivity contribution is 7.92. The molecule has 3 rings (SSSR count). The molecule has 2 aromatic rings. The highest BCUT2D eigenvalue weighted by Gasteiger charge is 2.32. The number of ether oxygens (including phenoxy) is 2. The summed E-state index contributed by atoms with van der Waals surface area (Å²) in [5.74, 6) is -0.0562. The van der Waals surface area contributed by atoms with Crippen LogP contribution in [0.25, 0.3) is 0 Å². The number of hydrogen-bond acceptors (Lipinski definition) is 6. The van der Waals surface area contributed by atoms with Crippen molar-refractivity contribution in [1.82, 2.24) is 10.2 Å². The summed E-state index contributed by atoms with van der Waals surface area (Å²) in [6.07, 6.45) is 2.03. The van der Waals surface area contributed by atoms with E-state index in [1.807, 2.05) is 6.92 Å². The molecule has 0 fully saturated rings. The number of halogens is 2. The number of nitrogens with zero attached hydrogens (tertiary/aromatic N) is 2. The molecule has 202 valence electrons. The predicted molar refractivity (Wildman–Crippen MR) is 144 cm³/mol. The van der Waals surface area contributed by atoms with E-state index in [1.165, 1.54) is 11.0 Å². The third-order valence-corrected chi connectivity index (χ3v) is 7.67. The second-order valence-electron chi connectivity index (χ2n) is 8.53. The molecule has 0 saturated heterocycles. The Hall–Kier alpha value is -2.69. The van der Waals surface area contributed by atoms with Crippen LogP contribution in [-0.2, 0) is 26.2 Å². The molecule has 1 heterocycles. The lowest BCUT2D eigenvalue weighted by Gasteiger charge is -2.33. The third kappa shape index (κ3) is 7.21. The van der Waals surface area contributed by atoms with Crippen LogP contribution < -0.4 is 19.1 Å². The Labute approximate surface area is 227 Å². The Morgan fingerprint density at radius 1 is 1.05 bits per heavy atom. The first kappa shape index (κ1) is 28.9. The van der Waals surface area contributed by atoms with Gasteiger partial charge in [-0.25, -0.2) is 8.42 Å². The van der Waals surface area contributed by atoms with Crippen molar-refractivity contribution in [2.45, 2.75) is 39.3 Å².